The summed E-state index contributed by atoms with van der Waals surface area (Å²) in [5.41, 5.74) is 1.40. The number of halogens is 2. The third kappa shape index (κ3) is 5.36. The largest absolute Gasteiger partial charge is 1.00 e. The Morgan fingerprint density at radius 3 is 1.95 bits per heavy atom. The summed E-state index contributed by atoms with van der Waals surface area (Å²) in [4.78, 5) is 4.98. The van der Waals surface area contributed by atoms with Gasteiger partial charge in [0.1, 0.15) is 5.76 Å². The summed E-state index contributed by atoms with van der Waals surface area (Å²) in [5.74, 6) is 1.07. The van der Waals surface area contributed by atoms with Gasteiger partial charge in [0.15, 0.2) is 0 Å². The molecule has 1 aromatic carbocycles. The summed E-state index contributed by atoms with van der Waals surface area (Å²) in [7, 11) is 0. The van der Waals surface area contributed by atoms with Gasteiger partial charge in [-0.25, -0.2) is 0 Å². The molecule has 1 aromatic heterocycles. The Morgan fingerprint density at radius 2 is 1.38 bits per heavy atom. The lowest BCUT2D eigenvalue weighted by Crippen LogP contribution is -3.00. The molecule has 21 heavy (non-hydrogen) atoms. The van der Waals surface area contributed by atoms with Gasteiger partial charge >= 0.3 is 0 Å². The minimum atomic E-state index is 0. The van der Waals surface area contributed by atoms with Gasteiger partial charge < -0.3 is 29.2 Å². The molecule has 0 atom stereocenters. The zero-order valence-corrected chi connectivity index (χ0v) is 13.4. The van der Waals surface area contributed by atoms with Gasteiger partial charge in [-0.2, -0.15) is 0 Å². The van der Waals surface area contributed by atoms with E-state index in [1.807, 2.05) is 6.07 Å². The molecule has 2 heterocycles. The van der Waals surface area contributed by atoms with E-state index in [0.717, 1.165) is 45.0 Å². The minimum Gasteiger partial charge on any atom is -1.00 e. The molecule has 3 nitrogen and oxygen atoms in total. The molecular weight excluding hydrogens is 307 g/mol. The van der Waals surface area contributed by atoms with Crippen LogP contribution in [0.1, 0.15) is 11.3 Å². The van der Waals surface area contributed by atoms with Crippen molar-refractivity contribution in [1.82, 2.24) is 9.80 Å². The van der Waals surface area contributed by atoms with Crippen LogP contribution in [0.25, 0.3) is 0 Å². The lowest BCUT2D eigenvalue weighted by molar-refractivity contribution is -0.001000. The van der Waals surface area contributed by atoms with Crippen molar-refractivity contribution in [2.45, 2.75) is 13.1 Å². The van der Waals surface area contributed by atoms with Crippen molar-refractivity contribution in [3.8, 4) is 0 Å². The van der Waals surface area contributed by atoms with Crippen molar-refractivity contribution in [1.29, 1.82) is 0 Å². The summed E-state index contributed by atoms with van der Waals surface area (Å²) in [6, 6.07) is 14.7. The second-order valence-electron chi connectivity index (χ2n) is 5.12. The molecule has 0 unspecified atom stereocenters. The SMILES string of the molecule is [Cl-].[Cl-].c1ccc(CN2CCN(Cc3ccco3)CC2)cc1. The lowest BCUT2D eigenvalue weighted by atomic mass is 10.2. The van der Waals surface area contributed by atoms with Crippen LogP contribution in [0.4, 0.5) is 0 Å². The molecule has 3 rings (SSSR count). The molecule has 116 valence electrons. The van der Waals surface area contributed by atoms with Crippen LogP contribution in [0.15, 0.2) is 53.1 Å². The molecule has 0 N–H and O–H groups in total. The molecule has 0 radical (unpaired) electrons. The number of hydrogen-bond donors (Lipinski definition) is 0. The smallest absolute Gasteiger partial charge is 0.117 e. The molecular formula is C16H20Cl2N2O-2. The lowest BCUT2D eigenvalue weighted by Gasteiger charge is -2.34. The van der Waals surface area contributed by atoms with Crippen LogP contribution in [-0.2, 0) is 13.1 Å². The Labute approximate surface area is 138 Å². The molecule has 0 spiro atoms. The van der Waals surface area contributed by atoms with E-state index in [2.05, 4.69) is 46.2 Å². The molecule has 2 aromatic rings. The van der Waals surface area contributed by atoms with Crippen LogP contribution >= 0.6 is 0 Å². The standard InChI is InChI=1S/C16H20N2O.2ClH/c1-2-5-15(6-3-1)13-17-8-10-18(11-9-17)14-16-7-4-12-19-16;;/h1-7,12H,8-11,13-14H2;2*1H/p-2. The summed E-state index contributed by atoms with van der Waals surface area (Å²) < 4.78 is 5.40. The van der Waals surface area contributed by atoms with Gasteiger partial charge in [0.25, 0.3) is 0 Å². The van der Waals surface area contributed by atoms with E-state index in [-0.39, 0.29) is 24.8 Å². The molecule has 1 fully saturated rings. The van der Waals surface area contributed by atoms with Gasteiger partial charge in [-0.3, -0.25) is 9.80 Å². The second-order valence-corrected chi connectivity index (χ2v) is 5.12. The third-order valence-corrected chi connectivity index (χ3v) is 3.67. The highest BCUT2D eigenvalue weighted by molar-refractivity contribution is 5.14. The number of rotatable bonds is 4. The predicted molar refractivity (Wildman–Crippen MR) is 75.7 cm³/mol. The Balaban J connectivity index is 0.00000110. The topological polar surface area (TPSA) is 19.6 Å². The zero-order chi connectivity index (χ0) is 12.9. The molecule has 1 saturated heterocycles. The first-order valence-corrected chi connectivity index (χ1v) is 6.91. The maximum absolute atomic E-state index is 5.40. The van der Waals surface area contributed by atoms with Crippen molar-refractivity contribution in [3.63, 3.8) is 0 Å². The Morgan fingerprint density at radius 1 is 0.762 bits per heavy atom. The van der Waals surface area contributed by atoms with Gasteiger partial charge in [-0.15, -0.1) is 0 Å². The summed E-state index contributed by atoms with van der Waals surface area (Å²) >= 11 is 0. The number of furan rings is 1. The molecule has 0 aliphatic carbocycles. The van der Waals surface area contributed by atoms with E-state index < -0.39 is 0 Å². The summed E-state index contributed by atoms with van der Waals surface area (Å²) in [5, 5.41) is 0. The summed E-state index contributed by atoms with van der Waals surface area (Å²) in [6.07, 6.45) is 1.75. The van der Waals surface area contributed by atoms with E-state index in [4.69, 9.17) is 4.42 Å². The predicted octanol–water partition coefficient (Wildman–Crippen LogP) is -3.39. The van der Waals surface area contributed by atoms with E-state index in [1.165, 1.54) is 5.56 Å². The van der Waals surface area contributed by atoms with E-state index in [0.29, 0.717) is 0 Å². The van der Waals surface area contributed by atoms with Crippen LogP contribution in [0, 0.1) is 0 Å². The van der Waals surface area contributed by atoms with Crippen molar-refractivity contribution >= 4 is 0 Å². The van der Waals surface area contributed by atoms with Gasteiger partial charge in [-0.05, 0) is 17.7 Å². The zero-order valence-electron chi connectivity index (χ0n) is 11.9. The Hall–Kier alpha value is -1.00. The quantitative estimate of drug-likeness (QED) is 0.584. The molecule has 0 bridgehead atoms. The maximum atomic E-state index is 5.40. The van der Waals surface area contributed by atoms with Crippen LogP contribution in [0.2, 0.25) is 0 Å². The highest BCUT2D eigenvalue weighted by Gasteiger charge is 2.17. The molecule has 5 heteroatoms. The van der Waals surface area contributed by atoms with Crippen LogP contribution in [0.5, 0.6) is 0 Å². The Kier molecular flexibility index (Phi) is 7.83. The normalized spacial score (nSPS) is 16.0. The van der Waals surface area contributed by atoms with Crippen LogP contribution in [-0.4, -0.2) is 36.0 Å². The summed E-state index contributed by atoms with van der Waals surface area (Å²) in [6.45, 7) is 6.51. The second kappa shape index (κ2) is 9.11. The van der Waals surface area contributed by atoms with Crippen molar-refractivity contribution in [2.24, 2.45) is 0 Å². The average Bonchev–Trinajstić information content (AvgIpc) is 2.95. The Bertz CT molecular complexity index is 482. The highest BCUT2D eigenvalue weighted by Crippen LogP contribution is 2.11. The van der Waals surface area contributed by atoms with Crippen LogP contribution in [0.3, 0.4) is 0 Å². The fraction of sp³-hybridized carbons (Fsp3) is 0.375. The molecule has 0 amide bonds. The number of benzene rings is 1. The van der Waals surface area contributed by atoms with E-state index in [1.54, 1.807) is 6.26 Å². The van der Waals surface area contributed by atoms with Gasteiger partial charge in [0.05, 0.1) is 12.8 Å². The molecule has 1 aliphatic rings. The van der Waals surface area contributed by atoms with Crippen molar-refractivity contribution < 1.29 is 29.2 Å². The van der Waals surface area contributed by atoms with E-state index >= 15 is 0 Å². The minimum absolute atomic E-state index is 0. The van der Waals surface area contributed by atoms with Gasteiger partial charge in [0.2, 0.25) is 0 Å². The number of hydrogen-bond acceptors (Lipinski definition) is 3. The van der Waals surface area contributed by atoms with Crippen molar-refractivity contribution in [2.75, 3.05) is 26.2 Å². The van der Waals surface area contributed by atoms with Gasteiger partial charge in [-0.1, -0.05) is 30.3 Å². The first kappa shape index (κ1) is 18.1. The fourth-order valence-corrected chi connectivity index (χ4v) is 2.57. The first-order valence-electron chi connectivity index (χ1n) is 6.91. The average molecular weight is 327 g/mol. The van der Waals surface area contributed by atoms with E-state index in [9.17, 15) is 0 Å². The highest BCUT2D eigenvalue weighted by atomic mass is 35.5. The van der Waals surface area contributed by atoms with Crippen LogP contribution < -0.4 is 24.8 Å². The maximum Gasteiger partial charge on any atom is 0.117 e. The number of piperazine rings is 1. The number of nitrogens with zero attached hydrogens (tertiary/aromatic N) is 2. The van der Waals surface area contributed by atoms with Crippen molar-refractivity contribution in [3.05, 3.63) is 60.1 Å². The first-order chi connectivity index (χ1) is 9.40. The monoisotopic (exact) mass is 326 g/mol. The van der Waals surface area contributed by atoms with Gasteiger partial charge in [0, 0.05) is 32.7 Å². The molecule has 0 saturated carbocycles. The third-order valence-electron chi connectivity index (χ3n) is 3.67. The molecule has 1 aliphatic heterocycles. The fourth-order valence-electron chi connectivity index (χ4n) is 2.57.